The number of unbranched alkanes of at least 4 members (excludes halogenated alkanes) is 3. The Balaban J connectivity index is 1.97. The van der Waals surface area contributed by atoms with Gasteiger partial charge in [-0.05, 0) is 44.7 Å². The number of esters is 1. The smallest absolute Gasteiger partial charge is 0.351 e. The summed E-state index contributed by atoms with van der Waals surface area (Å²) in [4.78, 5) is 12.0. The molecule has 2 heterocycles. The lowest BCUT2D eigenvalue weighted by molar-refractivity contribution is 0.0499. The van der Waals surface area contributed by atoms with Gasteiger partial charge in [0.2, 0.25) is 0 Å². The molecule has 21 heavy (non-hydrogen) atoms. The summed E-state index contributed by atoms with van der Waals surface area (Å²) in [5.74, 6) is -1.06. The first-order valence-electron chi connectivity index (χ1n) is 6.35. The molecule has 0 radical (unpaired) electrons. The van der Waals surface area contributed by atoms with Gasteiger partial charge in [-0.1, -0.05) is 28.8 Å². The fourth-order valence-corrected chi connectivity index (χ4v) is 6.65. The molecule has 0 atom stereocenters. The molecular formula is C13H12Br3FO2S2. The van der Waals surface area contributed by atoms with Crippen molar-refractivity contribution in [2.45, 2.75) is 25.7 Å². The van der Waals surface area contributed by atoms with E-state index in [9.17, 15) is 9.18 Å². The number of fused-ring (bicyclic) bond motifs is 1. The molecule has 0 bridgehead atoms. The highest BCUT2D eigenvalue weighted by atomic mass is 79.9. The molecule has 0 spiro atoms. The van der Waals surface area contributed by atoms with E-state index in [0.717, 1.165) is 50.8 Å². The fourth-order valence-electron chi connectivity index (χ4n) is 1.81. The highest BCUT2D eigenvalue weighted by Crippen LogP contribution is 2.45. The number of thiophene rings is 2. The van der Waals surface area contributed by atoms with Crippen molar-refractivity contribution in [2.24, 2.45) is 0 Å². The van der Waals surface area contributed by atoms with Crippen LogP contribution in [0.3, 0.4) is 0 Å². The standard InChI is InChI=1S/C13H12Br3FO2S2/c14-5-3-1-2-4-6-19-13(18)10-8(17)7-9(20-10)12(16)21-11(7)15/h1-6H2. The Morgan fingerprint density at radius 1 is 1.10 bits per heavy atom. The molecule has 2 rings (SSSR count). The lowest BCUT2D eigenvalue weighted by Gasteiger charge is -2.03. The average molecular weight is 523 g/mol. The first-order chi connectivity index (χ1) is 10.1. The molecule has 0 saturated carbocycles. The zero-order valence-electron chi connectivity index (χ0n) is 10.9. The topological polar surface area (TPSA) is 26.3 Å². The van der Waals surface area contributed by atoms with Crippen molar-refractivity contribution < 1.29 is 13.9 Å². The SMILES string of the molecule is O=C(OCCCCCCBr)c1sc2c(Br)sc(Br)c2c1F. The van der Waals surface area contributed by atoms with Gasteiger partial charge in [0.05, 0.1) is 24.3 Å². The molecule has 116 valence electrons. The van der Waals surface area contributed by atoms with Crippen LogP contribution in [0, 0.1) is 5.82 Å². The summed E-state index contributed by atoms with van der Waals surface area (Å²) in [6.07, 6.45) is 4.04. The van der Waals surface area contributed by atoms with E-state index in [4.69, 9.17) is 4.74 Å². The van der Waals surface area contributed by atoms with E-state index >= 15 is 0 Å². The van der Waals surface area contributed by atoms with Crippen molar-refractivity contribution in [3.8, 4) is 0 Å². The monoisotopic (exact) mass is 520 g/mol. The number of hydrogen-bond donors (Lipinski definition) is 0. The van der Waals surface area contributed by atoms with Crippen LogP contribution in [0.15, 0.2) is 7.57 Å². The quantitative estimate of drug-likeness (QED) is 0.229. The molecule has 2 aromatic rings. The third-order valence-corrected chi connectivity index (χ3v) is 7.50. The van der Waals surface area contributed by atoms with Crippen LogP contribution < -0.4 is 0 Å². The second kappa shape index (κ2) is 8.38. The maximum atomic E-state index is 14.3. The molecule has 2 nitrogen and oxygen atoms in total. The van der Waals surface area contributed by atoms with E-state index in [1.165, 1.54) is 11.3 Å². The zero-order valence-corrected chi connectivity index (χ0v) is 17.3. The second-order valence-corrected chi connectivity index (χ2v) is 9.81. The number of rotatable bonds is 7. The third kappa shape index (κ3) is 4.28. The van der Waals surface area contributed by atoms with Gasteiger partial charge in [0.1, 0.15) is 4.88 Å². The summed E-state index contributed by atoms with van der Waals surface area (Å²) in [6, 6.07) is 0. The third-order valence-electron chi connectivity index (χ3n) is 2.85. The van der Waals surface area contributed by atoms with Crippen LogP contribution in [0.25, 0.3) is 10.1 Å². The lowest BCUT2D eigenvalue weighted by atomic mass is 10.2. The van der Waals surface area contributed by atoms with E-state index in [2.05, 4.69) is 47.8 Å². The Morgan fingerprint density at radius 2 is 1.81 bits per heavy atom. The predicted octanol–water partition coefficient (Wildman–Crippen LogP) is 6.74. The molecule has 0 saturated heterocycles. The molecule has 0 aliphatic heterocycles. The molecule has 0 amide bonds. The molecule has 0 aliphatic carbocycles. The average Bonchev–Trinajstić information content (AvgIpc) is 2.93. The van der Waals surface area contributed by atoms with Gasteiger partial charge in [-0.2, -0.15) is 0 Å². The molecule has 0 N–H and O–H groups in total. The summed E-state index contributed by atoms with van der Waals surface area (Å²) in [6.45, 7) is 0.341. The van der Waals surface area contributed by atoms with Crippen molar-refractivity contribution in [3.05, 3.63) is 18.3 Å². The van der Waals surface area contributed by atoms with Crippen LogP contribution in [-0.2, 0) is 4.74 Å². The van der Waals surface area contributed by atoms with Crippen molar-refractivity contribution >= 4 is 86.5 Å². The highest BCUT2D eigenvalue weighted by Gasteiger charge is 2.24. The normalized spacial score (nSPS) is 11.2. The Bertz CT molecular complexity index is 639. The van der Waals surface area contributed by atoms with Gasteiger partial charge in [0, 0.05) is 5.33 Å². The van der Waals surface area contributed by atoms with Crippen LogP contribution in [0.1, 0.15) is 35.4 Å². The molecule has 2 aromatic heterocycles. The summed E-state index contributed by atoms with van der Waals surface area (Å²) < 4.78 is 21.7. The van der Waals surface area contributed by atoms with Crippen LogP contribution in [0.5, 0.6) is 0 Å². The summed E-state index contributed by atoms with van der Waals surface area (Å²) >= 11 is 12.6. The number of carbonyl (C=O) groups is 1. The fraction of sp³-hybridized carbons (Fsp3) is 0.462. The van der Waals surface area contributed by atoms with Crippen molar-refractivity contribution in [2.75, 3.05) is 11.9 Å². The number of halogens is 4. The summed E-state index contributed by atoms with van der Waals surface area (Å²) in [5.41, 5.74) is 0. The molecule has 0 unspecified atom stereocenters. The maximum absolute atomic E-state index is 14.3. The lowest BCUT2D eigenvalue weighted by Crippen LogP contribution is -2.06. The summed E-state index contributed by atoms with van der Waals surface area (Å²) in [5, 5.41) is 1.45. The van der Waals surface area contributed by atoms with Crippen molar-refractivity contribution in [3.63, 3.8) is 0 Å². The van der Waals surface area contributed by atoms with E-state index in [1.54, 1.807) is 0 Å². The first-order valence-corrected chi connectivity index (χ1v) is 10.7. The van der Waals surface area contributed by atoms with Crippen LogP contribution in [0.2, 0.25) is 0 Å². The minimum absolute atomic E-state index is 0.0506. The minimum Gasteiger partial charge on any atom is -0.461 e. The molecule has 8 heteroatoms. The Kier molecular flexibility index (Phi) is 7.12. The summed E-state index contributed by atoms with van der Waals surface area (Å²) in [7, 11) is 0. The maximum Gasteiger partial charge on any atom is 0.351 e. The Morgan fingerprint density at radius 3 is 2.48 bits per heavy atom. The Hall–Kier alpha value is 0.500. The van der Waals surface area contributed by atoms with Crippen LogP contribution in [-0.4, -0.2) is 17.9 Å². The number of carbonyl (C=O) groups excluding carboxylic acids is 1. The Labute approximate surface area is 155 Å². The van der Waals surface area contributed by atoms with E-state index in [-0.39, 0.29) is 4.88 Å². The van der Waals surface area contributed by atoms with Crippen LogP contribution in [0.4, 0.5) is 4.39 Å². The van der Waals surface area contributed by atoms with Crippen molar-refractivity contribution in [1.82, 2.24) is 0 Å². The molecule has 0 fully saturated rings. The number of ether oxygens (including phenoxy) is 1. The van der Waals surface area contributed by atoms with Crippen LogP contribution >= 0.6 is 70.5 Å². The van der Waals surface area contributed by atoms with E-state index in [1.807, 2.05) is 0 Å². The largest absolute Gasteiger partial charge is 0.461 e. The van der Waals surface area contributed by atoms with Gasteiger partial charge in [-0.3, -0.25) is 0 Å². The molecule has 0 aromatic carbocycles. The zero-order chi connectivity index (χ0) is 15.4. The first kappa shape index (κ1) is 17.8. The highest BCUT2D eigenvalue weighted by molar-refractivity contribution is 9.12. The van der Waals surface area contributed by atoms with Gasteiger partial charge in [-0.25, -0.2) is 9.18 Å². The molecule has 0 aliphatic rings. The van der Waals surface area contributed by atoms with Gasteiger partial charge in [0.15, 0.2) is 5.82 Å². The number of alkyl halides is 1. The van der Waals surface area contributed by atoms with Crippen molar-refractivity contribution in [1.29, 1.82) is 0 Å². The molecular weight excluding hydrogens is 511 g/mol. The minimum atomic E-state index is -0.571. The van der Waals surface area contributed by atoms with Gasteiger partial charge in [0.25, 0.3) is 0 Å². The van der Waals surface area contributed by atoms with E-state index in [0.29, 0.717) is 15.8 Å². The van der Waals surface area contributed by atoms with E-state index < -0.39 is 11.8 Å². The predicted molar refractivity (Wildman–Crippen MR) is 97.6 cm³/mol. The van der Waals surface area contributed by atoms with Gasteiger partial charge < -0.3 is 4.74 Å². The van der Waals surface area contributed by atoms with Gasteiger partial charge >= 0.3 is 5.97 Å². The number of hydrogen-bond acceptors (Lipinski definition) is 4. The second-order valence-electron chi connectivity index (χ2n) is 4.34. The van der Waals surface area contributed by atoms with Gasteiger partial charge in [-0.15, -0.1) is 22.7 Å².